The molecule has 0 radical (unpaired) electrons. The maximum absolute atomic E-state index is 13.0. The Morgan fingerprint density at radius 3 is 2.96 bits per heavy atom. The van der Waals surface area contributed by atoms with Crippen molar-refractivity contribution in [3.8, 4) is 17.3 Å². The largest absolute Gasteiger partial charge is 0.459 e. The zero-order valence-electron chi connectivity index (χ0n) is 14.9. The molecule has 1 saturated heterocycles. The molecule has 1 aliphatic heterocycles. The lowest BCUT2D eigenvalue weighted by molar-refractivity contribution is 0.0790. The summed E-state index contributed by atoms with van der Waals surface area (Å²) >= 11 is 0. The van der Waals surface area contributed by atoms with E-state index in [1.165, 1.54) is 0 Å². The summed E-state index contributed by atoms with van der Waals surface area (Å²) in [4.78, 5) is 19.2. The van der Waals surface area contributed by atoms with Gasteiger partial charge in [-0.25, -0.2) is 4.68 Å². The molecular weight excluding hydrogens is 358 g/mol. The van der Waals surface area contributed by atoms with Gasteiger partial charge in [-0.1, -0.05) is 11.2 Å². The first-order valence-corrected chi connectivity index (χ1v) is 9.05. The van der Waals surface area contributed by atoms with Crippen LogP contribution >= 0.6 is 0 Å². The molecule has 140 valence electrons. The highest BCUT2D eigenvalue weighted by atomic mass is 16.5. The van der Waals surface area contributed by atoms with Gasteiger partial charge in [-0.2, -0.15) is 10.1 Å². The molecule has 28 heavy (non-hydrogen) atoms. The van der Waals surface area contributed by atoms with Crippen LogP contribution in [-0.4, -0.2) is 43.8 Å². The third kappa shape index (κ3) is 2.98. The van der Waals surface area contributed by atoms with E-state index >= 15 is 0 Å². The average molecular weight is 375 g/mol. The summed E-state index contributed by atoms with van der Waals surface area (Å²) in [5.74, 6) is 1.54. The van der Waals surface area contributed by atoms with E-state index in [1.807, 2.05) is 41.4 Å². The average Bonchev–Trinajstić information content (AvgIpc) is 3.52. The summed E-state index contributed by atoms with van der Waals surface area (Å²) < 4.78 is 12.3. The number of aromatic nitrogens is 4. The van der Waals surface area contributed by atoms with Crippen molar-refractivity contribution in [2.24, 2.45) is 0 Å². The standard InChI is InChI=1S/C20H17N5O3/c26-20(14-4-1-5-16(12-14)25-9-3-8-21-25)24-10-7-15(13-24)18-22-19(28-23-18)17-6-2-11-27-17/h1-6,8-9,11-12,15H,7,10,13H2/t15-/m0/s1. The summed E-state index contributed by atoms with van der Waals surface area (Å²) in [6.45, 7) is 1.21. The molecule has 1 fully saturated rings. The van der Waals surface area contributed by atoms with Crippen molar-refractivity contribution in [3.05, 3.63) is 72.5 Å². The molecular formula is C20H17N5O3. The molecule has 0 aliphatic carbocycles. The lowest BCUT2D eigenvalue weighted by atomic mass is 10.1. The van der Waals surface area contributed by atoms with Crippen LogP contribution in [0.15, 0.2) is 70.1 Å². The number of hydrogen-bond donors (Lipinski definition) is 0. The Kier molecular flexibility index (Phi) is 4.01. The third-order valence-electron chi connectivity index (χ3n) is 4.88. The zero-order chi connectivity index (χ0) is 18.9. The molecule has 1 atom stereocenters. The fraction of sp³-hybridized carbons (Fsp3) is 0.200. The first-order chi connectivity index (χ1) is 13.8. The van der Waals surface area contributed by atoms with Crippen LogP contribution in [0.4, 0.5) is 0 Å². The van der Waals surface area contributed by atoms with Crippen molar-refractivity contribution in [2.75, 3.05) is 13.1 Å². The Hall–Kier alpha value is -3.68. The molecule has 0 unspecified atom stereocenters. The van der Waals surface area contributed by atoms with Gasteiger partial charge in [0, 0.05) is 37.0 Å². The number of benzene rings is 1. The monoisotopic (exact) mass is 375 g/mol. The second kappa shape index (κ2) is 6.80. The number of carbonyl (C=O) groups is 1. The van der Waals surface area contributed by atoms with Crippen LogP contribution < -0.4 is 0 Å². The second-order valence-corrected chi connectivity index (χ2v) is 6.67. The number of likely N-dealkylation sites (tertiary alicyclic amines) is 1. The van der Waals surface area contributed by atoms with Crippen molar-refractivity contribution in [2.45, 2.75) is 12.3 Å². The molecule has 0 saturated carbocycles. The molecule has 1 aliphatic rings. The maximum atomic E-state index is 13.0. The van der Waals surface area contributed by atoms with Crippen LogP contribution in [0.25, 0.3) is 17.3 Å². The Morgan fingerprint density at radius 1 is 1.18 bits per heavy atom. The van der Waals surface area contributed by atoms with Crippen LogP contribution in [0.5, 0.6) is 0 Å². The van der Waals surface area contributed by atoms with E-state index in [9.17, 15) is 4.79 Å². The summed E-state index contributed by atoms with van der Waals surface area (Å²) in [7, 11) is 0. The molecule has 0 N–H and O–H groups in total. The van der Waals surface area contributed by atoms with Gasteiger partial charge in [0.15, 0.2) is 11.6 Å². The van der Waals surface area contributed by atoms with Gasteiger partial charge >= 0.3 is 0 Å². The minimum absolute atomic E-state index is 0.00809. The molecule has 8 nitrogen and oxygen atoms in total. The molecule has 5 rings (SSSR count). The van der Waals surface area contributed by atoms with Crippen LogP contribution in [0.3, 0.4) is 0 Å². The molecule has 1 amide bonds. The Labute approximate surface area is 160 Å². The smallest absolute Gasteiger partial charge is 0.293 e. The van der Waals surface area contributed by atoms with Gasteiger partial charge in [-0.15, -0.1) is 0 Å². The third-order valence-corrected chi connectivity index (χ3v) is 4.88. The minimum atomic E-state index is -0.00809. The summed E-state index contributed by atoms with van der Waals surface area (Å²) in [5, 5.41) is 8.29. The van der Waals surface area contributed by atoms with Gasteiger partial charge in [0.2, 0.25) is 0 Å². The summed E-state index contributed by atoms with van der Waals surface area (Å²) in [6, 6.07) is 12.9. The molecule has 4 heterocycles. The Morgan fingerprint density at radius 2 is 2.14 bits per heavy atom. The van der Waals surface area contributed by atoms with E-state index in [0.717, 1.165) is 12.1 Å². The van der Waals surface area contributed by atoms with Gasteiger partial charge in [0.05, 0.1) is 12.0 Å². The highest BCUT2D eigenvalue weighted by molar-refractivity contribution is 5.95. The van der Waals surface area contributed by atoms with E-state index in [2.05, 4.69) is 15.2 Å². The highest BCUT2D eigenvalue weighted by Gasteiger charge is 2.31. The van der Waals surface area contributed by atoms with Crippen molar-refractivity contribution in [3.63, 3.8) is 0 Å². The topological polar surface area (TPSA) is 90.2 Å². The predicted molar refractivity (Wildman–Crippen MR) is 98.8 cm³/mol. The van der Waals surface area contributed by atoms with Gasteiger partial charge in [-0.05, 0) is 42.8 Å². The van der Waals surface area contributed by atoms with Gasteiger partial charge in [0.25, 0.3) is 11.8 Å². The number of hydrogen-bond acceptors (Lipinski definition) is 6. The van der Waals surface area contributed by atoms with Crippen LogP contribution in [0, 0.1) is 0 Å². The number of rotatable bonds is 4. The van der Waals surface area contributed by atoms with E-state index in [-0.39, 0.29) is 11.8 Å². The zero-order valence-corrected chi connectivity index (χ0v) is 14.9. The van der Waals surface area contributed by atoms with Crippen molar-refractivity contribution >= 4 is 5.91 Å². The molecule has 0 spiro atoms. The number of carbonyl (C=O) groups excluding carboxylic acids is 1. The molecule has 3 aromatic heterocycles. The lowest BCUT2D eigenvalue weighted by Crippen LogP contribution is -2.28. The SMILES string of the molecule is O=C(c1cccc(-n2cccn2)c1)N1CC[C@H](c2noc(-c3ccco3)n2)C1. The van der Waals surface area contributed by atoms with Gasteiger partial charge in [-0.3, -0.25) is 4.79 Å². The number of furan rings is 1. The normalized spacial score (nSPS) is 16.6. The molecule has 8 heteroatoms. The fourth-order valence-electron chi connectivity index (χ4n) is 3.44. The summed E-state index contributed by atoms with van der Waals surface area (Å²) in [5.41, 5.74) is 1.49. The van der Waals surface area contributed by atoms with E-state index in [1.54, 1.807) is 29.3 Å². The Balaban J connectivity index is 1.31. The van der Waals surface area contributed by atoms with Crippen molar-refractivity contribution in [1.29, 1.82) is 0 Å². The predicted octanol–water partition coefficient (Wildman–Crippen LogP) is 3.15. The van der Waals surface area contributed by atoms with Gasteiger partial charge in [0.1, 0.15) is 0 Å². The number of amides is 1. The van der Waals surface area contributed by atoms with E-state index < -0.39 is 0 Å². The summed E-state index contributed by atoms with van der Waals surface area (Å²) in [6.07, 6.45) is 5.91. The van der Waals surface area contributed by atoms with E-state index in [4.69, 9.17) is 8.94 Å². The number of nitrogens with zero attached hydrogens (tertiary/aromatic N) is 5. The first-order valence-electron chi connectivity index (χ1n) is 9.05. The molecule has 0 bridgehead atoms. The fourth-order valence-corrected chi connectivity index (χ4v) is 3.44. The second-order valence-electron chi connectivity index (χ2n) is 6.67. The Bertz CT molecular complexity index is 1080. The van der Waals surface area contributed by atoms with Crippen LogP contribution in [0.2, 0.25) is 0 Å². The highest BCUT2D eigenvalue weighted by Crippen LogP contribution is 2.28. The lowest BCUT2D eigenvalue weighted by Gasteiger charge is -2.16. The van der Waals surface area contributed by atoms with Crippen molar-refractivity contribution in [1.82, 2.24) is 24.8 Å². The maximum Gasteiger partial charge on any atom is 0.293 e. The molecule has 4 aromatic rings. The molecule has 1 aromatic carbocycles. The van der Waals surface area contributed by atoms with Crippen LogP contribution in [0.1, 0.15) is 28.5 Å². The van der Waals surface area contributed by atoms with Crippen LogP contribution in [-0.2, 0) is 0 Å². The van der Waals surface area contributed by atoms with Gasteiger partial charge < -0.3 is 13.8 Å². The van der Waals surface area contributed by atoms with Crippen molar-refractivity contribution < 1.29 is 13.7 Å². The minimum Gasteiger partial charge on any atom is -0.459 e. The van der Waals surface area contributed by atoms with E-state index in [0.29, 0.717) is 36.1 Å². The first kappa shape index (κ1) is 16.5. The quantitative estimate of drug-likeness (QED) is 0.544.